The number of hydrogen-bond donors (Lipinski definition) is 0. The smallest absolute Gasteiger partial charge is 0.164 e. The molecule has 0 bridgehead atoms. The summed E-state index contributed by atoms with van der Waals surface area (Å²) in [6.45, 7) is 0. The highest BCUT2D eigenvalue weighted by atomic mass is 16.3. The highest BCUT2D eigenvalue weighted by molar-refractivity contribution is 6.68. The van der Waals surface area contributed by atoms with Crippen LogP contribution in [-0.4, -0.2) is 58.8 Å². The van der Waals surface area contributed by atoms with Gasteiger partial charge in [0, 0.05) is 49.5 Å². The Hall–Kier alpha value is -6.53. The first-order chi connectivity index (χ1) is 26.9. The molecular formula is C45H23B5N4O. The van der Waals surface area contributed by atoms with Crippen molar-refractivity contribution in [3.8, 4) is 51.0 Å². The standard InChI is InChI=1S/C45H23B5N4O/c46-37-36(38(47)40(49)41(50)39(37)48)45-52-43(24-10-3-1-4-11-24)51-44(53-45)26-19-21-35-32(23-26)30-16-9-15-28(42(30)55-35)25-18-20-34-31(22-25)29-14-7-8-17-33(29)54(34)27-12-5-2-6-13-27/h1-23H. The Morgan fingerprint density at radius 1 is 0.418 bits per heavy atom. The van der Waals surface area contributed by atoms with Crippen LogP contribution in [0.2, 0.25) is 0 Å². The molecule has 10 rings (SSSR count). The SMILES string of the molecule is [B]c1c([B])c([B])c(-c2nc(-c3ccccc3)nc(-c3ccc4oc5c(-c6ccc7c(c6)c6ccccc6n7-c6ccccc6)cccc5c4c3)n2)c([B])c1[B]. The topological polar surface area (TPSA) is 56.7 Å². The van der Waals surface area contributed by atoms with Gasteiger partial charge in [0.1, 0.15) is 50.4 Å². The number of fused-ring (bicyclic) bond motifs is 6. The lowest BCUT2D eigenvalue weighted by molar-refractivity contribution is 0.670. The van der Waals surface area contributed by atoms with Crippen LogP contribution in [0, 0.1) is 0 Å². The molecule has 3 aromatic heterocycles. The van der Waals surface area contributed by atoms with Gasteiger partial charge in [0.25, 0.3) is 0 Å². The minimum Gasteiger partial charge on any atom is -0.455 e. The maximum Gasteiger partial charge on any atom is 0.164 e. The molecule has 0 unspecified atom stereocenters. The summed E-state index contributed by atoms with van der Waals surface area (Å²) in [6.07, 6.45) is 0. The van der Waals surface area contributed by atoms with Crippen LogP contribution in [-0.2, 0) is 0 Å². The minimum atomic E-state index is 0.117. The Labute approximate surface area is 323 Å². The number of rotatable bonds is 5. The molecule has 244 valence electrons. The molecular weight excluding hydrogens is 667 g/mol. The fourth-order valence-electron chi connectivity index (χ4n) is 7.58. The van der Waals surface area contributed by atoms with Gasteiger partial charge in [0.15, 0.2) is 17.5 Å². The highest BCUT2D eigenvalue weighted by Crippen LogP contribution is 2.40. The van der Waals surface area contributed by atoms with Crippen molar-refractivity contribution < 1.29 is 4.42 Å². The normalized spacial score (nSPS) is 11.6. The van der Waals surface area contributed by atoms with Crippen molar-refractivity contribution in [3.05, 3.63) is 140 Å². The Kier molecular flexibility index (Phi) is 7.70. The van der Waals surface area contributed by atoms with E-state index in [9.17, 15) is 0 Å². The summed E-state index contributed by atoms with van der Waals surface area (Å²) < 4.78 is 8.94. The number of para-hydroxylation sites is 3. The van der Waals surface area contributed by atoms with Gasteiger partial charge in [-0.3, -0.25) is 0 Å². The maximum absolute atomic E-state index is 6.63. The number of furan rings is 1. The zero-order valence-electron chi connectivity index (χ0n) is 29.4. The van der Waals surface area contributed by atoms with E-state index in [1.54, 1.807) is 0 Å². The van der Waals surface area contributed by atoms with E-state index in [4.69, 9.17) is 58.6 Å². The largest absolute Gasteiger partial charge is 0.455 e. The number of nitrogens with zero attached hydrogens (tertiary/aromatic N) is 4. The van der Waals surface area contributed by atoms with Crippen molar-refractivity contribution >= 4 is 110 Å². The second-order valence-corrected chi connectivity index (χ2v) is 13.5. The molecule has 0 N–H and O–H groups in total. The Balaban J connectivity index is 1.14. The average Bonchev–Trinajstić information content (AvgIpc) is 3.78. The van der Waals surface area contributed by atoms with Gasteiger partial charge in [-0.15, -0.1) is 16.4 Å². The van der Waals surface area contributed by atoms with E-state index < -0.39 is 0 Å². The van der Waals surface area contributed by atoms with Gasteiger partial charge in [-0.1, -0.05) is 102 Å². The summed E-state index contributed by atoms with van der Waals surface area (Å²) in [7, 11) is 31.6. The molecule has 5 nitrogen and oxygen atoms in total. The predicted octanol–water partition coefficient (Wildman–Crippen LogP) is 5.51. The quantitative estimate of drug-likeness (QED) is 0.224. The first-order valence-corrected chi connectivity index (χ1v) is 17.7. The van der Waals surface area contributed by atoms with E-state index in [1.165, 1.54) is 5.39 Å². The van der Waals surface area contributed by atoms with Crippen LogP contribution >= 0.6 is 0 Å². The predicted molar refractivity (Wildman–Crippen MR) is 230 cm³/mol. The van der Waals surface area contributed by atoms with Crippen LogP contribution < -0.4 is 27.3 Å². The third-order valence-corrected chi connectivity index (χ3v) is 10.3. The first-order valence-electron chi connectivity index (χ1n) is 17.7. The van der Waals surface area contributed by atoms with Crippen LogP contribution in [0.1, 0.15) is 0 Å². The summed E-state index contributed by atoms with van der Waals surface area (Å²) in [6, 6.07) is 47.3. The maximum atomic E-state index is 6.63. The second-order valence-electron chi connectivity index (χ2n) is 13.5. The Bertz CT molecular complexity index is 3130. The van der Waals surface area contributed by atoms with E-state index >= 15 is 0 Å². The zero-order valence-corrected chi connectivity index (χ0v) is 29.4. The van der Waals surface area contributed by atoms with Gasteiger partial charge in [0.2, 0.25) is 0 Å². The van der Waals surface area contributed by atoms with Gasteiger partial charge in [0.05, 0.1) is 11.0 Å². The molecule has 0 saturated carbocycles. The van der Waals surface area contributed by atoms with Gasteiger partial charge < -0.3 is 8.98 Å². The van der Waals surface area contributed by atoms with E-state index in [0.717, 1.165) is 66.3 Å². The van der Waals surface area contributed by atoms with E-state index in [0.29, 0.717) is 17.2 Å². The van der Waals surface area contributed by atoms with Crippen LogP contribution in [0.3, 0.4) is 0 Å². The molecule has 0 atom stereocenters. The third-order valence-electron chi connectivity index (χ3n) is 10.3. The number of benzene rings is 7. The summed E-state index contributed by atoms with van der Waals surface area (Å²) in [5.41, 5.74) is 9.44. The molecule has 10 aromatic rings. The zero-order chi connectivity index (χ0) is 37.4. The Morgan fingerprint density at radius 2 is 1.00 bits per heavy atom. The van der Waals surface area contributed by atoms with Gasteiger partial charge >= 0.3 is 0 Å². The average molecular weight is 690 g/mol. The van der Waals surface area contributed by atoms with Crippen molar-refractivity contribution in [2.24, 2.45) is 0 Å². The molecule has 0 amide bonds. The van der Waals surface area contributed by atoms with E-state index in [2.05, 4.69) is 89.5 Å². The van der Waals surface area contributed by atoms with Crippen molar-refractivity contribution in [1.29, 1.82) is 0 Å². The summed E-state index contributed by atoms with van der Waals surface area (Å²) in [5.74, 6) is 1.06. The molecule has 0 aliphatic rings. The molecule has 10 radical (unpaired) electrons. The monoisotopic (exact) mass is 690 g/mol. The van der Waals surface area contributed by atoms with Crippen LogP contribution in [0.25, 0.3) is 94.7 Å². The molecule has 0 aliphatic heterocycles. The Morgan fingerprint density at radius 3 is 1.76 bits per heavy atom. The summed E-state index contributed by atoms with van der Waals surface area (Å²) >= 11 is 0. The lowest BCUT2D eigenvalue weighted by Gasteiger charge is -2.20. The van der Waals surface area contributed by atoms with Crippen LogP contribution in [0.5, 0.6) is 0 Å². The number of hydrogen-bond acceptors (Lipinski definition) is 4. The van der Waals surface area contributed by atoms with Crippen LogP contribution in [0.15, 0.2) is 144 Å². The van der Waals surface area contributed by atoms with E-state index in [-0.39, 0.29) is 33.1 Å². The second kappa shape index (κ2) is 12.8. The van der Waals surface area contributed by atoms with Gasteiger partial charge in [-0.05, 0) is 54.1 Å². The van der Waals surface area contributed by atoms with Crippen molar-refractivity contribution in [2.45, 2.75) is 0 Å². The number of aromatic nitrogens is 4. The third kappa shape index (κ3) is 5.27. The summed E-state index contributed by atoms with van der Waals surface area (Å²) in [5, 5.41) is 4.23. The molecule has 55 heavy (non-hydrogen) atoms. The fourth-order valence-corrected chi connectivity index (χ4v) is 7.58. The molecule has 3 heterocycles. The lowest BCUT2D eigenvalue weighted by Crippen LogP contribution is -2.55. The molecule has 0 spiro atoms. The highest BCUT2D eigenvalue weighted by Gasteiger charge is 2.20. The van der Waals surface area contributed by atoms with Crippen molar-refractivity contribution in [2.75, 3.05) is 0 Å². The molecule has 0 aliphatic carbocycles. The van der Waals surface area contributed by atoms with Crippen molar-refractivity contribution in [3.63, 3.8) is 0 Å². The molecule has 0 saturated heterocycles. The van der Waals surface area contributed by atoms with Gasteiger partial charge in [-0.25, -0.2) is 15.0 Å². The molecule has 10 heteroatoms. The first kappa shape index (κ1) is 33.1. The summed E-state index contributed by atoms with van der Waals surface area (Å²) in [4.78, 5) is 14.6. The van der Waals surface area contributed by atoms with Crippen molar-refractivity contribution in [1.82, 2.24) is 19.5 Å². The van der Waals surface area contributed by atoms with Crippen LogP contribution in [0.4, 0.5) is 0 Å². The molecule has 7 aromatic carbocycles. The van der Waals surface area contributed by atoms with Gasteiger partial charge in [-0.2, -0.15) is 0 Å². The minimum absolute atomic E-state index is 0.117. The molecule has 0 fully saturated rings. The van der Waals surface area contributed by atoms with E-state index in [1.807, 2.05) is 54.6 Å². The fraction of sp³-hybridized carbons (Fsp3) is 0. The lowest BCUT2D eigenvalue weighted by atomic mass is 9.60.